The zero-order valence-electron chi connectivity index (χ0n) is 25.5. The molecule has 10 heteroatoms. The lowest BCUT2D eigenvalue weighted by atomic mass is 9.99. The van der Waals surface area contributed by atoms with Crippen molar-refractivity contribution in [3.63, 3.8) is 0 Å². The van der Waals surface area contributed by atoms with Crippen molar-refractivity contribution in [1.29, 1.82) is 0 Å². The molecule has 0 aliphatic carbocycles. The van der Waals surface area contributed by atoms with Crippen molar-refractivity contribution in [2.45, 2.75) is 68.8 Å². The third-order valence-corrected chi connectivity index (χ3v) is 8.86. The van der Waals surface area contributed by atoms with Crippen LogP contribution in [0.2, 0.25) is 0 Å². The lowest BCUT2D eigenvalue weighted by Crippen LogP contribution is -2.31. The van der Waals surface area contributed by atoms with Crippen LogP contribution in [0.5, 0.6) is 0 Å². The van der Waals surface area contributed by atoms with E-state index in [0.29, 0.717) is 32.2 Å². The molecular weight excluding hydrogens is 602 g/mol. The number of hydrogen-bond acceptors (Lipinski definition) is 8. The van der Waals surface area contributed by atoms with Gasteiger partial charge in [-0.25, -0.2) is 10.5 Å². The van der Waals surface area contributed by atoms with E-state index >= 15 is 0 Å². The highest BCUT2D eigenvalue weighted by Crippen LogP contribution is 2.39. The highest BCUT2D eigenvalue weighted by molar-refractivity contribution is 7.99. The Morgan fingerprint density at radius 3 is 2.30 bits per heavy atom. The van der Waals surface area contributed by atoms with Gasteiger partial charge in [0.15, 0.2) is 6.29 Å². The summed E-state index contributed by atoms with van der Waals surface area (Å²) in [6, 6.07) is 30.0. The predicted molar refractivity (Wildman–Crippen MR) is 176 cm³/mol. The molecule has 1 aliphatic heterocycles. The molecule has 9 nitrogen and oxygen atoms in total. The molecule has 3 aromatic carbocycles. The number of hydroxylamine groups is 1. The highest BCUT2D eigenvalue weighted by atomic mass is 32.2. The van der Waals surface area contributed by atoms with Gasteiger partial charge in [-0.1, -0.05) is 72.8 Å². The number of aliphatic hydroxyl groups excluding tert-OH is 1. The van der Waals surface area contributed by atoms with Gasteiger partial charge in [-0.15, -0.1) is 11.8 Å². The average molecular weight is 642 g/mol. The van der Waals surface area contributed by atoms with E-state index in [1.807, 2.05) is 72.8 Å². The summed E-state index contributed by atoms with van der Waals surface area (Å²) in [5.74, 6) is 0.217. The van der Waals surface area contributed by atoms with Crippen LogP contribution in [0.3, 0.4) is 0 Å². The van der Waals surface area contributed by atoms with E-state index in [1.54, 1.807) is 23.4 Å². The standard InChI is InChI=1S/C36H39N3O6S/c40-23-25-11-13-28(14-12-25)32-21-31(24-46-35-10-3-4-19-37-35)44-36(45-32)29-17-15-27(16-18-29)30-7-5-6-26(20-30)22-38-33(41)8-1-2-9-34(42)39-43/h3-7,10-20,31-32,36,40,43H,1-2,8-9,21-24H2,(H,38,41)(H,39,42)/t31-,32+,36+/m0/s1. The minimum absolute atomic E-state index is 0.000176. The van der Waals surface area contributed by atoms with E-state index in [4.69, 9.17) is 14.7 Å². The van der Waals surface area contributed by atoms with Crippen molar-refractivity contribution >= 4 is 23.6 Å². The molecule has 0 saturated carbocycles. The van der Waals surface area contributed by atoms with Crippen LogP contribution < -0.4 is 10.8 Å². The number of aromatic nitrogens is 1. The molecule has 1 aliphatic rings. The molecule has 0 unspecified atom stereocenters. The number of nitrogens with one attached hydrogen (secondary N) is 2. The Bertz CT molecular complexity index is 1550. The van der Waals surface area contributed by atoms with Gasteiger partial charge in [0.25, 0.3) is 0 Å². The molecule has 240 valence electrons. The molecule has 4 N–H and O–H groups in total. The third-order valence-electron chi connectivity index (χ3n) is 7.79. The fraction of sp³-hybridized carbons (Fsp3) is 0.306. The number of aliphatic hydroxyl groups is 1. The monoisotopic (exact) mass is 641 g/mol. The first-order valence-electron chi connectivity index (χ1n) is 15.4. The molecule has 46 heavy (non-hydrogen) atoms. The molecule has 0 bridgehead atoms. The van der Waals surface area contributed by atoms with Crippen molar-refractivity contribution < 1.29 is 29.4 Å². The number of hydrogen-bond donors (Lipinski definition) is 4. The van der Waals surface area contributed by atoms with Crippen LogP contribution in [0, 0.1) is 0 Å². The number of rotatable bonds is 14. The van der Waals surface area contributed by atoms with Crippen LogP contribution in [-0.2, 0) is 32.2 Å². The molecule has 5 rings (SSSR count). The Hall–Kier alpha value is -4.06. The SMILES string of the molecule is O=C(CCCCC(=O)NCc1cccc(-c2ccc([C@@H]3O[C@H](CSc4ccccn4)C[C@H](c4ccc(CO)cc4)O3)cc2)c1)NO. The minimum Gasteiger partial charge on any atom is -0.392 e. The quantitative estimate of drug-likeness (QED) is 0.0550. The largest absolute Gasteiger partial charge is 0.392 e. The second kappa shape index (κ2) is 17.0. The number of amides is 2. The number of benzene rings is 3. The Morgan fingerprint density at radius 2 is 1.59 bits per heavy atom. The van der Waals surface area contributed by atoms with Gasteiger partial charge in [0.05, 0.1) is 23.8 Å². The van der Waals surface area contributed by atoms with Crippen LogP contribution in [0.25, 0.3) is 11.1 Å². The lowest BCUT2D eigenvalue weighted by Gasteiger charge is -2.36. The van der Waals surface area contributed by atoms with Crippen molar-refractivity contribution in [1.82, 2.24) is 15.8 Å². The number of carbonyl (C=O) groups is 2. The normalized spacial score (nSPS) is 17.7. The summed E-state index contributed by atoms with van der Waals surface area (Å²) < 4.78 is 13.0. The van der Waals surface area contributed by atoms with E-state index in [2.05, 4.69) is 28.5 Å². The number of ether oxygens (including phenoxy) is 2. The van der Waals surface area contributed by atoms with Crippen LogP contribution in [0.15, 0.2) is 102 Å². The van der Waals surface area contributed by atoms with Crippen LogP contribution in [-0.4, -0.2) is 39.0 Å². The summed E-state index contributed by atoms with van der Waals surface area (Å²) in [5, 5.41) is 21.9. The summed E-state index contributed by atoms with van der Waals surface area (Å²) in [7, 11) is 0. The highest BCUT2D eigenvalue weighted by Gasteiger charge is 2.32. The zero-order chi connectivity index (χ0) is 32.1. The average Bonchev–Trinajstić information content (AvgIpc) is 3.12. The maximum absolute atomic E-state index is 12.3. The molecule has 1 fully saturated rings. The van der Waals surface area contributed by atoms with Gasteiger partial charge in [-0.3, -0.25) is 14.8 Å². The summed E-state index contributed by atoms with van der Waals surface area (Å²) >= 11 is 1.67. The fourth-order valence-corrected chi connectivity index (χ4v) is 6.12. The van der Waals surface area contributed by atoms with Crippen molar-refractivity contribution in [2.24, 2.45) is 0 Å². The Balaban J connectivity index is 1.22. The van der Waals surface area contributed by atoms with E-state index in [1.165, 1.54) is 0 Å². The minimum atomic E-state index is -0.542. The van der Waals surface area contributed by atoms with E-state index in [9.17, 15) is 14.7 Å². The van der Waals surface area contributed by atoms with E-state index in [0.717, 1.165) is 44.2 Å². The lowest BCUT2D eigenvalue weighted by molar-refractivity contribution is -0.245. The Labute approximate surface area is 273 Å². The summed E-state index contributed by atoms with van der Waals surface area (Å²) in [5.41, 5.74) is 7.48. The number of nitrogens with zero attached hydrogens (tertiary/aromatic N) is 1. The molecule has 3 atom stereocenters. The molecule has 1 saturated heterocycles. The summed E-state index contributed by atoms with van der Waals surface area (Å²) in [6.07, 6.45) is 3.36. The first kappa shape index (κ1) is 33.3. The Kier molecular flexibility index (Phi) is 12.3. The van der Waals surface area contributed by atoms with Crippen LogP contribution in [0.1, 0.15) is 66.8 Å². The smallest absolute Gasteiger partial charge is 0.243 e. The van der Waals surface area contributed by atoms with Crippen molar-refractivity contribution in [2.75, 3.05) is 5.75 Å². The topological polar surface area (TPSA) is 130 Å². The maximum Gasteiger partial charge on any atom is 0.243 e. The summed E-state index contributed by atoms with van der Waals surface area (Å²) in [6.45, 7) is 0.407. The first-order valence-corrected chi connectivity index (χ1v) is 16.4. The summed E-state index contributed by atoms with van der Waals surface area (Å²) in [4.78, 5) is 27.8. The van der Waals surface area contributed by atoms with Gasteiger partial charge < -0.3 is 19.9 Å². The van der Waals surface area contributed by atoms with Gasteiger partial charge in [-0.05, 0) is 58.9 Å². The van der Waals surface area contributed by atoms with Crippen LogP contribution in [0.4, 0.5) is 0 Å². The molecular formula is C36H39N3O6S. The maximum atomic E-state index is 12.3. The van der Waals surface area contributed by atoms with Crippen molar-refractivity contribution in [3.05, 3.63) is 119 Å². The second-order valence-electron chi connectivity index (χ2n) is 11.2. The fourth-order valence-electron chi connectivity index (χ4n) is 5.24. The third kappa shape index (κ3) is 9.72. The molecule has 4 aromatic rings. The van der Waals surface area contributed by atoms with Gasteiger partial charge >= 0.3 is 0 Å². The van der Waals surface area contributed by atoms with E-state index < -0.39 is 12.2 Å². The van der Waals surface area contributed by atoms with Gasteiger partial charge in [0.2, 0.25) is 11.8 Å². The predicted octanol–water partition coefficient (Wildman–Crippen LogP) is 6.26. The number of unbranched alkanes of at least 4 members (excludes halogenated alkanes) is 1. The molecule has 2 heterocycles. The first-order chi connectivity index (χ1) is 22.5. The van der Waals surface area contributed by atoms with Gasteiger partial charge in [0, 0.05) is 43.3 Å². The van der Waals surface area contributed by atoms with Gasteiger partial charge in [0.1, 0.15) is 0 Å². The number of pyridine rings is 1. The molecule has 0 spiro atoms. The zero-order valence-corrected chi connectivity index (χ0v) is 26.3. The Morgan fingerprint density at radius 1 is 0.826 bits per heavy atom. The second-order valence-corrected chi connectivity index (χ2v) is 12.2. The number of carbonyl (C=O) groups excluding carboxylic acids is 2. The van der Waals surface area contributed by atoms with Crippen molar-refractivity contribution in [3.8, 4) is 11.1 Å². The van der Waals surface area contributed by atoms with Gasteiger partial charge in [-0.2, -0.15) is 0 Å². The molecule has 1 aromatic heterocycles. The number of thioether (sulfide) groups is 1. The molecule has 2 amide bonds. The van der Waals surface area contributed by atoms with Crippen LogP contribution >= 0.6 is 11.8 Å². The van der Waals surface area contributed by atoms with E-state index in [-0.39, 0.29) is 31.1 Å². The molecule has 0 radical (unpaired) electrons.